The molecule has 0 saturated heterocycles. The smallest absolute Gasteiger partial charge is 0.272 e. The Bertz CT molecular complexity index is 1040. The number of aromatic nitrogens is 1. The van der Waals surface area contributed by atoms with E-state index in [0.29, 0.717) is 18.8 Å². The first-order valence-corrected chi connectivity index (χ1v) is 9.50. The maximum absolute atomic E-state index is 13.2. The van der Waals surface area contributed by atoms with Crippen molar-refractivity contribution in [3.05, 3.63) is 102 Å². The summed E-state index contributed by atoms with van der Waals surface area (Å²) in [4.78, 5) is 19.6. The van der Waals surface area contributed by atoms with Crippen molar-refractivity contribution in [2.24, 2.45) is 0 Å². The third kappa shape index (κ3) is 4.29. The number of carbonyl (C=O) groups is 1. The number of hydrogen-bond donors (Lipinski definition) is 0. The lowest BCUT2D eigenvalue weighted by atomic mass is 10.1. The predicted octanol–water partition coefficient (Wildman–Crippen LogP) is 5.10. The lowest BCUT2D eigenvalue weighted by Gasteiger charge is -2.22. The van der Waals surface area contributed by atoms with E-state index in [9.17, 15) is 4.79 Å². The lowest BCUT2D eigenvalue weighted by Crippen LogP contribution is -2.32. The largest absolute Gasteiger partial charge is 0.472 e. The zero-order valence-corrected chi connectivity index (χ0v) is 15.6. The van der Waals surface area contributed by atoms with E-state index in [2.05, 4.69) is 17.1 Å². The van der Waals surface area contributed by atoms with Gasteiger partial charge < -0.3 is 9.32 Å². The van der Waals surface area contributed by atoms with Gasteiger partial charge in [0.2, 0.25) is 0 Å². The van der Waals surface area contributed by atoms with Gasteiger partial charge in [-0.1, -0.05) is 54.6 Å². The first-order valence-electron chi connectivity index (χ1n) is 9.50. The summed E-state index contributed by atoms with van der Waals surface area (Å²) in [6.45, 7) is 1.17. The topological polar surface area (TPSA) is 46.3 Å². The number of hydrogen-bond acceptors (Lipinski definition) is 3. The quantitative estimate of drug-likeness (QED) is 0.454. The number of carbonyl (C=O) groups excluding carboxylic acids is 1. The van der Waals surface area contributed by atoms with E-state index in [-0.39, 0.29) is 5.91 Å². The molecule has 2 aromatic heterocycles. The fraction of sp³-hybridized carbons (Fsp3) is 0.167. The number of pyridine rings is 1. The van der Waals surface area contributed by atoms with Gasteiger partial charge in [-0.2, -0.15) is 0 Å². The van der Waals surface area contributed by atoms with Gasteiger partial charge in [-0.05, 0) is 36.6 Å². The van der Waals surface area contributed by atoms with Crippen molar-refractivity contribution in [1.29, 1.82) is 0 Å². The molecular formula is C24H22N2O2. The number of amides is 1. The second-order valence-electron chi connectivity index (χ2n) is 6.84. The minimum Gasteiger partial charge on any atom is -0.472 e. The van der Waals surface area contributed by atoms with Crippen LogP contribution in [-0.2, 0) is 13.0 Å². The number of benzene rings is 2. The van der Waals surface area contributed by atoms with Gasteiger partial charge in [0.05, 0.1) is 18.0 Å². The zero-order valence-electron chi connectivity index (χ0n) is 15.6. The molecule has 0 aliphatic rings. The molecule has 4 aromatic rings. The Labute approximate surface area is 164 Å². The Hall–Kier alpha value is -3.40. The van der Waals surface area contributed by atoms with Gasteiger partial charge in [0, 0.05) is 24.0 Å². The molecule has 4 nitrogen and oxygen atoms in total. The summed E-state index contributed by atoms with van der Waals surface area (Å²) >= 11 is 0. The third-order valence-corrected chi connectivity index (χ3v) is 4.79. The number of aryl methyl sites for hydroxylation is 1. The van der Waals surface area contributed by atoms with Crippen LogP contribution in [0.2, 0.25) is 0 Å². The highest BCUT2D eigenvalue weighted by Crippen LogP contribution is 2.16. The Morgan fingerprint density at radius 3 is 2.54 bits per heavy atom. The Balaban J connectivity index is 1.51. The molecule has 0 fully saturated rings. The van der Waals surface area contributed by atoms with Crippen LogP contribution >= 0.6 is 0 Å². The maximum Gasteiger partial charge on any atom is 0.272 e. The Kier molecular flexibility index (Phi) is 5.48. The number of para-hydroxylation sites is 1. The van der Waals surface area contributed by atoms with E-state index >= 15 is 0 Å². The summed E-state index contributed by atoms with van der Waals surface area (Å²) in [5.74, 6) is -0.0555. The number of rotatable bonds is 7. The van der Waals surface area contributed by atoms with Crippen molar-refractivity contribution < 1.29 is 9.21 Å². The summed E-state index contributed by atoms with van der Waals surface area (Å²) in [6, 6.07) is 23.8. The highest BCUT2D eigenvalue weighted by Gasteiger charge is 2.18. The molecule has 0 atom stereocenters. The summed E-state index contributed by atoms with van der Waals surface area (Å²) in [5.41, 5.74) is 3.57. The fourth-order valence-corrected chi connectivity index (χ4v) is 3.32. The molecule has 0 N–H and O–H groups in total. The van der Waals surface area contributed by atoms with Crippen LogP contribution in [0.5, 0.6) is 0 Å². The highest BCUT2D eigenvalue weighted by atomic mass is 16.3. The molecule has 0 radical (unpaired) electrons. The van der Waals surface area contributed by atoms with E-state index < -0.39 is 0 Å². The number of fused-ring (bicyclic) bond motifs is 1. The van der Waals surface area contributed by atoms with Crippen LogP contribution < -0.4 is 0 Å². The summed E-state index contributed by atoms with van der Waals surface area (Å²) < 4.78 is 5.18. The molecule has 4 heteroatoms. The minimum atomic E-state index is -0.0555. The third-order valence-electron chi connectivity index (χ3n) is 4.79. The number of furan rings is 1. The van der Waals surface area contributed by atoms with Crippen molar-refractivity contribution in [3.8, 4) is 0 Å². The summed E-state index contributed by atoms with van der Waals surface area (Å²) in [5, 5.41) is 1.03. The normalized spacial score (nSPS) is 10.9. The van der Waals surface area contributed by atoms with Crippen molar-refractivity contribution in [2.45, 2.75) is 19.4 Å². The van der Waals surface area contributed by atoms with Crippen molar-refractivity contribution >= 4 is 16.8 Å². The molecule has 0 spiro atoms. The van der Waals surface area contributed by atoms with Gasteiger partial charge in [-0.3, -0.25) is 4.79 Å². The minimum absolute atomic E-state index is 0.0555. The average Bonchev–Trinajstić information content (AvgIpc) is 3.26. The second kappa shape index (κ2) is 8.53. The monoisotopic (exact) mass is 370 g/mol. The SMILES string of the molecule is O=C(c1ccc2ccccc2n1)N(CCCc1ccccc1)Cc1ccoc1. The zero-order chi connectivity index (χ0) is 19.2. The molecule has 2 heterocycles. The number of nitrogens with zero attached hydrogens (tertiary/aromatic N) is 2. The lowest BCUT2D eigenvalue weighted by molar-refractivity contribution is 0.0735. The summed E-state index contributed by atoms with van der Waals surface area (Å²) in [7, 11) is 0. The van der Waals surface area contributed by atoms with E-state index in [1.807, 2.05) is 65.6 Å². The average molecular weight is 370 g/mol. The molecular weight excluding hydrogens is 348 g/mol. The molecule has 0 bridgehead atoms. The van der Waals surface area contributed by atoms with Crippen molar-refractivity contribution in [1.82, 2.24) is 9.88 Å². The highest BCUT2D eigenvalue weighted by molar-refractivity contribution is 5.94. The van der Waals surface area contributed by atoms with E-state index in [4.69, 9.17) is 4.42 Å². The van der Waals surface area contributed by atoms with Gasteiger partial charge in [-0.15, -0.1) is 0 Å². The Morgan fingerprint density at radius 1 is 0.893 bits per heavy atom. The van der Waals surface area contributed by atoms with Gasteiger partial charge in [0.1, 0.15) is 5.69 Å². The van der Waals surface area contributed by atoms with Crippen LogP contribution in [0.3, 0.4) is 0 Å². The summed E-state index contributed by atoms with van der Waals surface area (Å²) in [6.07, 6.45) is 5.14. The van der Waals surface area contributed by atoms with Gasteiger partial charge >= 0.3 is 0 Å². The Morgan fingerprint density at radius 2 is 1.71 bits per heavy atom. The van der Waals surface area contributed by atoms with E-state index in [1.165, 1.54) is 5.56 Å². The van der Waals surface area contributed by atoms with Crippen molar-refractivity contribution in [3.63, 3.8) is 0 Å². The second-order valence-corrected chi connectivity index (χ2v) is 6.84. The maximum atomic E-state index is 13.2. The molecule has 4 rings (SSSR count). The van der Waals surface area contributed by atoms with Gasteiger partial charge in [0.25, 0.3) is 5.91 Å². The van der Waals surface area contributed by atoms with Crippen LogP contribution in [0.15, 0.2) is 89.7 Å². The fourth-order valence-electron chi connectivity index (χ4n) is 3.32. The van der Waals surface area contributed by atoms with Crippen LogP contribution in [-0.4, -0.2) is 22.3 Å². The van der Waals surface area contributed by atoms with Gasteiger partial charge in [-0.25, -0.2) is 4.98 Å². The predicted molar refractivity (Wildman–Crippen MR) is 110 cm³/mol. The molecule has 2 aromatic carbocycles. The van der Waals surface area contributed by atoms with Crippen LogP contribution in [0.25, 0.3) is 10.9 Å². The molecule has 0 aliphatic heterocycles. The first-order chi connectivity index (χ1) is 13.8. The molecule has 0 saturated carbocycles. The molecule has 0 unspecified atom stereocenters. The molecule has 1 amide bonds. The molecule has 28 heavy (non-hydrogen) atoms. The van der Waals surface area contributed by atoms with Crippen LogP contribution in [0, 0.1) is 0 Å². The standard InChI is InChI=1S/C24H22N2O2/c27-24(23-13-12-21-10-4-5-11-22(21)25-23)26(17-20-14-16-28-18-20)15-6-9-19-7-2-1-3-8-19/h1-5,7-8,10-14,16,18H,6,9,15,17H2. The molecule has 140 valence electrons. The van der Waals surface area contributed by atoms with Crippen LogP contribution in [0.4, 0.5) is 0 Å². The van der Waals surface area contributed by atoms with Gasteiger partial charge in [0.15, 0.2) is 0 Å². The van der Waals surface area contributed by atoms with Crippen LogP contribution in [0.1, 0.15) is 28.0 Å². The molecule has 0 aliphatic carbocycles. The van der Waals surface area contributed by atoms with E-state index in [0.717, 1.165) is 29.3 Å². The first kappa shape index (κ1) is 18.0. The van der Waals surface area contributed by atoms with Crippen molar-refractivity contribution in [2.75, 3.05) is 6.54 Å². The van der Waals surface area contributed by atoms with E-state index in [1.54, 1.807) is 12.5 Å².